The molecule has 3 rings (SSSR count). The molecule has 4 unspecified atom stereocenters. The van der Waals surface area contributed by atoms with Gasteiger partial charge in [0.05, 0.1) is 30.8 Å². The zero-order valence-electron chi connectivity index (χ0n) is 24.1. The summed E-state index contributed by atoms with van der Waals surface area (Å²) in [6, 6.07) is 1.44. The van der Waals surface area contributed by atoms with E-state index in [-0.39, 0.29) is 42.1 Å². The molecule has 0 aromatic carbocycles. The minimum Gasteiger partial charge on any atom is -0.394 e. The van der Waals surface area contributed by atoms with E-state index in [0.717, 1.165) is 7.11 Å². The number of anilines is 2. The fraction of sp³-hybridized carbons (Fsp3) is 0.520. The highest BCUT2D eigenvalue weighted by molar-refractivity contribution is 7.86. The van der Waals surface area contributed by atoms with E-state index in [0.29, 0.717) is 0 Å². The van der Waals surface area contributed by atoms with Crippen molar-refractivity contribution >= 4 is 45.1 Å². The lowest BCUT2D eigenvalue weighted by Gasteiger charge is -2.40. The number of carbonyl (C=O) groups excluding carboxylic acids is 4. The van der Waals surface area contributed by atoms with Crippen LogP contribution >= 0.6 is 0 Å². The molecule has 2 aromatic rings. The van der Waals surface area contributed by atoms with Gasteiger partial charge in [0.15, 0.2) is 6.29 Å². The quantitative estimate of drug-likeness (QED) is 0.101. The summed E-state index contributed by atoms with van der Waals surface area (Å²) in [7, 11) is 0.325. The fourth-order valence-electron chi connectivity index (χ4n) is 4.33. The summed E-state index contributed by atoms with van der Waals surface area (Å²) in [5, 5.41) is 49.2. The van der Waals surface area contributed by atoms with Crippen LogP contribution in [0.25, 0.3) is 0 Å². The molecule has 1 saturated heterocycles. The monoisotopic (exact) mass is 644 g/mol. The van der Waals surface area contributed by atoms with Gasteiger partial charge in [-0.25, -0.2) is 0 Å². The molecule has 3 heterocycles. The molecule has 0 aliphatic carbocycles. The predicted molar refractivity (Wildman–Crippen MR) is 152 cm³/mol. The second kappa shape index (κ2) is 14.8. The van der Waals surface area contributed by atoms with Crippen LogP contribution in [0.15, 0.2) is 24.5 Å². The molecule has 18 nitrogen and oxygen atoms in total. The summed E-state index contributed by atoms with van der Waals surface area (Å²) < 4.78 is 35.0. The van der Waals surface area contributed by atoms with Crippen molar-refractivity contribution in [2.75, 3.05) is 36.6 Å². The van der Waals surface area contributed by atoms with Gasteiger partial charge in [-0.1, -0.05) is 0 Å². The van der Waals surface area contributed by atoms with Crippen LogP contribution < -0.4 is 21.3 Å². The van der Waals surface area contributed by atoms with Gasteiger partial charge in [-0.05, 0) is 12.1 Å². The van der Waals surface area contributed by atoms with Crippen molar-refractivity contribution in [3.05, 3.63) is 35.9 Å². The highest BCUT2D eigenvalue weighted by Gasteiger charge is 2.44. The van der Waals surface area contributed by atoms with Crippen molar-refractivity contribution in [1.82, 2.24) is 19.8 Å². The topological polar surface area (TPSA) is 260 Å². The zero-order valence-corrected chi connectivity index (χ0v) is 24.9. The number of nitrogens with one attached hydrogen (secondary N) is 4. The SMILES string of the molecule is COS(=O)(=O)CCC(=O)Nc1cc(C(=O)Nc2cc(C(=O)NCCC(=O)NC3C(O)C(O)C(CO)O[C@@H]3O)n(C)c2)n(C)c1. The average molecular weight is 645 g/mol. The Balaban J connectivity index is 1.51. The summed E-state index contributed by atoms with van der Waals surface area (Å²) in [4.78, 5) is 49.9. The smallest absolute Gasteiger partial charge is 0.272 e. The van der Waals surface area contributed by atoms with E-state index in [4.69, 9.17) is 9.84 Å². The van der Waals surface area contributed by atoms with Crippen LogP contribution in [0.2, 0.25) is 0 Å². The molecule has 0 spiro atoms. The minimum absolute atomic E-state index is 0.131. The van der Waals surface area contributed by atoms with Gasteiger partial charge < -0.3 is 55.6 Å². The number of nitrogens with zero attached hydrogens (tertiary/aromatic N) is 2. The van der Waals surface area contributed by atoms with E-state index in [2.05, 4.69) is 25.5 Å². The summed E-state index contributed by atoms with van der Waals surface area (Å²) in [6.45, 7) is -0.777. The Morgan fingerprint density at radius 3 is 2.09 bits per heavy atom. The number of rotatable bonds is 13. The van der Waals surface area contributed by atoms with Gasteiger partial charge in [0.1, 0.15) is 35.7 Å². The van der Waals surface area contributed by atoms with E-state index in [1.54, 1.807) is 14.1 Å². The van der Waals surface area contributed by atoms with Crippen LogP contribution in [0, 0.1) is 0 Å². The van der Waals surface area contributed by atoms with Crippen molar-refractivity contribution in [3.63, 3.8) is 0 Å². The highest BCUT2D eigenvalue weighted by Crippen LogP contribution is 2.20. The van der Waals surface area contributed by atoms with Gasteiger partial charge in [0.2, 0.25) is 11.8 Å². The third kappa shape index (κ3) is 8.85. The van der Waals surface area contributed by atoms with Crippen molar-refractivity contribution in [3.8, 4) is 0 Å². The van der Waals surface area contributed by atoms with Crippen LogP contribution in [-0.2, 0) is 42.7 Å². The first-order valence-corrected chi connectivity index (χ1v) is 14.8. The molecule has 8 N–H and O–H groups in total. The number of aromatic nitrogens is 2. The minimum atomic E-state index is -3.80. The lowest BCUT2D eigenvalue weighted by molar-refractivity contribution is -0.253. The second-order valence-electron chi connectivity index (χ2n) is 9.96. The third-order valence-corrected chi connectivity index (χ3v) is 7.93. The fourth-order valence-corrected chi connectivity index (χ4v) is 4.93. The summed E-state index contributed by atoms with van der Waals surface area (Å²) >= 11 is 0. The molecule has 244 valence electrons. The van der Waals surface area contributed by atoms with Gasteiger partial charge in [-0.3, -0.25) is 23.4 Å². The summed E-state index contributed by atoms with van der Waals surface area (Å²) in [5.41, 5.74) is 0.845. The number of hydrogen-bond acceptors (Lipinski definition) is 12. The van der Waals surface area contributed by atoms with Crippen molar-refractivity contribution in [2.24, 2.45) is 14.1 Å². The summed E-state index contributed by atoms with van der Waals surface area (Å²) in [6.07, 6.45) is -3.66. The molecule has 0 saturated carbocycles. The average Bonchev–Trinajstić information content (AvgIpc) is 3.52. The molecular weight excluding hydrogens is 608 g/mol. The Morgan fingerprint density at radius 2 is 1.50 bits per heavy atom. The summed E-state index contributed by atoms with van der Waals surface area (Å²) in [5.74, 6) is -2.89. The highest BCUT2D eigenvalue weighted by atomic mass is 32.2. The van der Waals surface area contributed by atoms with Gasteiger partial charge in [-0.15, -0.1) is 0 Å². The molecule has 4 amide bonds. The van der Waals surface area contributed by atoms with Crippen LogP contribution in [-0.4, -0.2) is 118 Å². The van der Waals surface area contributed by atoms with Gasteiger partial charge in [0.25, 0.3) is 21.9 Å². The molecule has 1 aliphatic rings. The van der Waals surface area contributed by atoms with Crippen LogP contribution in [0.5, 0.6) is 0 Å². The molecule has 1 fully saturated rings. The Hall–Kier alpha value is -3.85. The zero-order chi connectivity index (χ0) is 32.8. The Bertz CT molecular complexity index is 1470. The van der Waals surface area contributed by atoms with Gasteiger partial charge in [0, 0.05) is 45.9 Å². The maximum absolute atomic E-state index is 12.9. The van der Waals surface area contributed by atoms with Crippen molar-refractivity contribution < 1.29 is 56.9 Å². The third-order valence-electron chi connectivity index (χ3n) is 6.72. The maximum Gasteiger partial charge on any atom is 0.272 e. The molecular formula is C25H36N6O12S. The van der Waals surface area contributed by atoms with Crippen LogP contribution in [0.4, 0.5) is 11.4 Å². The molecule has 19 heteroatoms. The number of amides is 4. The second-order valence-corrected chi connectivity index (χ2v) is 11.8. The number of aryl methyl sites for hydroxylation is 2. The molecule has 1 aliphatic heterocycles. The maximum atomic E-state index is 12.9. The van der Waals surface area contributed by atoms with Crippen LogP contribution in [0.3, 0.4) is 0 Å². The first-order valence-electron chi connectivity index (χ1n) is 13.3. The molecule has 2 aromatic heterocycles. The standard InChI is InChI=1S/C25H36N6O12S/c1-30-11-14(28-24(38)16-8-13(10-31(16)2)27-19(34)5-7-44(40,41)42-3)9-15(30)23(37)26-6-4-18(33)29-20-22(36)21(35)17(12-32)43-25(20)39/h8-11,17,20-22,25,32,35-36,39H,4-7,12H2,1-3H3,(H,26,37)(H,27,34)(H,28,38)(H,29,33)/t17?,20?,21?,22?,25-/m0/s1. The first kappa shape index (κ1) is 34.6. The number of ether oxygens (including phenoxy) is 1. The molecule has 5 atom stereocenters. The van der Waals surface area contributed by atoms with Crippen LogP contribution in [0.1, 0.15) is 33.8 Å². The number of carbonyl (C=O) groups is 4. The molecule has 0 bridgehead atoms. The lowest BCUT2D eigenvalue weighted by Crippen LogP contribution is -2.64. The van der Waals surface area contributed by atoms with Gasteiger partial charge in [-0.2, -0.15) is 8.42 Å². The van der Waals surface area contributed by atoms with E-state index in [9.17, 15) is 42.9 Å². The predicted octanol–water partition coefficient (Wildman–Crippen LogP) is -3.04. The number of hydrogen-bond donors (Lipinski definition) is 8. The van der Waals surface area contributed by atoms with Crippen molar-refractivity contribution in [1.29, 1.82) is 0 Å². The van der Waals surface area contributed by atoms with E-state index in [1.807, 2.05) is 0 Å². The Morgan fingerprint density at radius 1 is 0.909 bits per heavy atom. The van der Waals surface area contributed by atoms with E-state index in [1.165, 1.54) is 33.7 Å². The Kier molecular flexibility index (Phi) is 11.6. The normalized spacial score (nSPS) is 21.8. The van der Waals surface area contributed by atoms with E-state index >= 15 is 0 Å². The lowest BCUT2D eigenvalue weighted by atomic mass is 9.97. The van der Waals surface area contributed by atoms with E-state index < -0.39 is 76.8 Å². The van der Waals surface area contributed by atoms with Crippen molar-refractivity contribution in [2.45, 2.75) is 43.5 Å². The largest absolute Gasteiger partial charge is 0.394 e. The Labute approximate surface area is 252 Å². The molecule has 44 heavy (non-hydrogen) atoms. The first-order chi connectivity index (χ1) is 20.6. The number of aliphatic hydroxyl groups excluding tert-OH is 4. The number of aliphatic hydroxyl groups is 4. The van der Waals surface area contributed by atoms with Gasteiger partial charge >= 0.3 is 0 Å². The molecule has 0 radical (unpaired) electrons.